The van der Waals surface area contributed by atoms with E-state index in [1.807, 2.05) is 25.1 Å². The predicted octanol–water partition coefficient (Wildman–Crippen LogP) is 2.78. The number of hydrogen-bond donors (Lipinski definition) is 3. The quantitative estimate of drug-likeness (QED) is 0.487. The maximum atomic E-state index is 12.6. The molecule has 2 aromatic heterocycles. The third kappa shape index (κ3) is 5.67. The monoisotopic (exact) mass is 446 g/mol. The predicted molar refractivity (Wildman–Crippen MR) is 119 cm³/mol. The minimum Gasteiger partial charge on any atom is -0.376 e. The number of anilines is 4. The number of thiophene rings is 1. The number of carbonyl (C=O) groups is 1. The van der Waals surface area contributed by atoms with Crippen molar-refractivity contribution in [3.63, 3.8) is 0 Å². The zero-order valence-corrected chi connectivity index (χ0v) is 18.3. The molecule has 1 amide bonds. The summed E-state index contributed by atoms with van der Waals surface area (Å²) in [6, 6.07) is 11.9. The van der Waals surface area contributed by atoms with E-state index in [1.165, 1.54) is 13.0 Å². The van der Waals surface area contributed by atoms with Gasteiger partial charge in [-0.05, 0) is 36.4 Å². The zero-order chi connectivity index (χ0) is 21.7. The number of nitrogens with one attached hydrogen (secondary N) is 3. The number of aromatic nitrogens is 2. The number of hydrogen-bond acceptors (Lipinski definition) is 8. The molecule has 0 atom stereocenters. The van der Waals surface area contributed by atoms with Crippen molar-refractivity contribution in [2.45, 2.75) is 17.7 Å². The summed E-state index contributed by atoms with van der Waals surface area (Å²) < 4.78 is 27.9. The fourth-order valence-corrected chi connectivity index (χ4v) is 4.80. The van der Waals surface area contributed by atoms with Crippen LogP contribution in [0.3, 0.4) is 0 Å². The molecule has 1 aromatic carbocycles. The van der Waals surface area contributed by atoms with Crippen LogP contribution in [0.1, 0.15) is 11.8 Å². The van der Waals surface area contributed by atoms with Crippen molar-refractivity contribution in [1.82, 2.24) is 15.5 Å². The summed E-state index contributed by atoms with van der Waals surface area (Å²) in [5, 5.41) is 13.8. The minimum atomic E-state index is -3.71. The van der Waals surface area contributed by atoms with Crippen LogP contribution in [0.4, 0.5) is 22.9 Å². The number of nitrogens with zero attached hydrogens (tertiary/aromatic N) is 3. The molecular formula is C19H22N6O3S2. The molecule has 0 unspecified atom stereocenters. The van der Waals surface area contributed by atoms with E-state index in [1.54, 1.807) is 36.5 Å². The highest BCUT2D eigenvalue weighted by Gasteiger charge is 2.17. The average Bonchev–Trinajstić information content (AvgIpc) is 3.18. The van der Waals surface area contributed by atoms with Crippen LogP contribution in [0.5, 0.6) is 0 Å². The molecule has 0 saturated heterocycles. The molecule has 0 fully saturated rings. The van der Waals surface area contributed by atoms with E-state index < -0.39 is 10.0 Å². The summed E-state index contributed by atoms with van der Waals surface area (Å²) >= 11 is 1.11. The van der Waals surface area contributed by atoms with Crippen molar-refractivity contribution in [1.29, 1.82) is 0 Å². The zero-order valence-electron chi connectivity index (χ0n) is 16.7. The van der Waals surface area contributed by atoms with Gasteiger partial charge in [0.15, 0.2) is 5.82 Å². The van der Waals surface area contributed by atoms with Crippen LogP contribution in [-0.2, 0) is 21.4 Å². The van der Waals surface area contributed by atoms with Gasteiger partial charge in [0, 0.05) is 43.3 Å². The third-order valence-electron chi connectivity index (χ3n) is 3.98. The lowest BCUT2D eigenvalue weighted by Crippen LogP contribution is -2.18. The van der Waals surface area contributed by atoms with E-state index in [-0.39, 0.29) is 10.1 Å². The Bertz CT molecular complexity index is 1130. The van der Waals surface area contributed by atoms with E-state index in [9.17, 15) is 13.2 Å². The molecule has 3 aromatic rings. The van der Waals surface area contributed by atoms with Gasteiger partial charge in [0.2, 0.25) is 5.91 Å². The van der Waals surface area contributed by atoms with Crippen LogP contribution in [0.15, 0.2) is 52.9 Å². The topological polar surface area (TPSA) is 116 Å². The molecule has 11 heteroatoms. The summed E-state index contributed by atoms with van der Waals surface area (Å²) in [4.78, 5) is 13.7. The molecule has 0 aliphatic heterocycles. The number of amides is 1. The number of benzene rings is 1. The Labute approximate surface area is 179 Å². The van der Waals surface area contributed by atoms with Crippen LogP contribution < -0.4 is 20.3 Å². The maximum absolute atomic E-state index is 12.6. The molecule has 0 saturated carbocycles. The maximum Gasteiger partial charge on any atom is 0.271 e. The Hall–Kier alpha value is -3.18. The molecule has 2 heterocycles. The normalized spacial score (nSPS) is 11.0. The Morgan fingerprint density at radius 1 is 1.10 bits per heavy atom. The average molecular weight is 447 g/mol. The lowest BCUT2D eigenvalue weighted by molar-refractivity contribution is -0.119. The Kier molecular flexibility index (Phi) is 6.53. The first-order valence-corrected chi connectivity index (χ1v) is 11.3. The fraction of sp³-hybridized carbons (Fsp3) is 0.211. The molecule has 0 aliphatic carbocycles. The Balaban J connectivity index is 1.66. The standard InChI is InChI=1S/C19H22N6O3S2/c1-13(26)20-12-17-8-9-19(29-17)30(27,28)24-15-6-4-14(5-7-15)22-18-10-16(25(2)3)11-21-23-18/h4-11,24H,12H2,1-3H3,(H,20,26)(H,22,23). The molecule has 158 valence electrons. The first-order chi connectivity index (χ1) is 14.2. The molecule has 9 nitrogen and oxygen atoms in total. The molecule has 0 bridgehead atoms. The van der Waals surface area contributed by atoms with Gasteiger partial charge in [0.25, 0.3) is 10.0 Å². The van der Waals surface area contributed by atoms with Crippen LogP contribution >= 0.6 is 11.3 Å². The molecule has 30 heavy (non-hydrogen) atoms. The highest BCUT2D eigenvalue weighted by molar-refractivity contribution is 7.94. The van der Waals surface area contributed by atoms with Crippen LogP contribution in [-0.4, -0.2) is 38.6 Å². The van der Waals surface area contributed by atoms with Crippen LogP contribution in [0.2, 0.25) is 0 Å². The second-order valence-electron chi connectivity index (χ2n) is 6.63. The first-order valence-electron chi connectivity index (χ1n) is 8.96. The van der Waals surface area contributed by atoms with Crippen molar-refractivity contribution in [2.24, 2.45) is 0 Å². The summed E-state index contributed by atoms with van der Waals surface area (Å²) in [5.41, 5.74) is 2.09. The largest absolute Gasteiger partial charge is 0.376 e. The van der Waals surface area contributed by atoms with E-state index >= 15 is 0 Å². The van der Waals surface area contributed by atoms with E-state index in [0.717, 1.165) is 27.6 Å². The number of rotatable bonds is 8. The lowest BCUT2D eigenvalue weighted by atomic mass is 10.3. The molecule has 0 radical (unpaired) electrons. The molecule has 3 rings (SSSR count). The van der Waals surface area contributed by atoms with E-state index in [0.29, 0.717) is 18.1 Å². The van der Waals surface area contributed by atoms with Gasteiger partial charge in [-0.1, -0.05) is 0 Å². The summed E-state index contributed by atoms with van der Waals surface area (Å²) in [5.74, 6) is 0.416. The highest BCUT2D eigenvalue weighted by atomic mass is 32.2. The summed E-state index contributed by atoms with van der Waals surface area (Å²) in [7, 11) is 0.119. The molecular weight excluding hydrogens is 424 g/mol. The molecule has 0 spiro atoms. The van der Waals surface area contributed by atoms with Crippen molar-refractivity contribution >= 4 is 50.1 Å². The van der Waals surface area contributed by atoms with E-state index in [4.69, 9.17) is 0 Å². The molecule has 0 aliphatic rings. The van der Waals surface area contributed by atoms with Crippen molar-refractivity contribution < 1.29 is 13.2 Å². The minimum absolute atomic E-state index is 0.168. The van der Waals surface area contributed by atoms with E-state index in [2.05, 4.69) is 25.6 Å². The molecule has 3 N–H and O–H groups in total. The Morgan fingerprint density at radius 2 is 1.80 bits per heavy atom. The van der Waals surface area contributed by atoms with Crippen molar-refractivity contribution in [3.05, 3.63) is 53.5 Å². The van der Waals surface area contributed by atoms with Crippen LogP contribution in [0.25, 0.3) is 0 Å². The van der Waals surface area contributed by atoms with Gasteiger partial charge < -0.3 is 15.5 Å². The Morgan fingerprint density at radius 3 is 2.47 bits per heavy atom. The number of sulfonamides is 1. The van der Waals surface area contributed by atoms with Gasteiger partial charge in [-0.2, -0.15) is 5.10 Å². The van der Waals surface area contributed by atoms with Gasteiger partial charge >= 0.3 is 0 Å². The SMILES string of the molecule is CC(=O)NCc1ccc(S(=O)(=O)Nc2ccc(Nc3cc(N(C)C)cnn3)cc2)s1. The van der Waals surface area contributed by atoms with Crippen molar-refractivity contribution in [2.75, 3.05) is 29.0 Å². The van der Waals surface area contributed by atoms with Gasteiger partial charge in [-0.3, -0.25) is 9.52 Å². The first kappa shape index (κ1) is 21.5. The van der Waals surface area contributed by atoms with Gasteiger partial charge in [-0.15, -0.1) is 16.4 Å². The smallest absolute Gasteiger partial charge is 0.271 e. The highest BCUT2D eigenvalue weighted by Crippen LogP contribution is 2.25. The fourth-order valence-electron chi connectivity index (χ4n) is 2.45. The van der Waals surface area contributed by atoms with Crippen molar-refractivity contribution in [3.8, 4) is 0 Å². The van der Waals surface area contributed by atoms with Crippen LogP contribution in [0, 0.1) is 0 Å². The summed E-state index contributed by atoms with van der Waals surface area (Å²) in [6.07, 6.45) is 1.66. The van der Waals surface area contributed by atoms with Gasteiger partial charge in [0.05, 0.1) is 18.4 Å². The lowest BCUT2D eigenvalue weighted by Gasteiger charge is -2.13. The van der Waals surface area contributed by atoms with Gasteiger partial charge in [0.1, 0.15) is 4.21 Å². The second-order valence-corrected chi connectivity index (χ2v) is 9.71. The third-order valence-corrected chi connectivity index (χ3v) is 6.94. The summed E-state index contributed by atoms with van der Waals surface area (Å²) in [6.45, 7) is 1.71. The second kappa shape index (κ2) is 9.09. The number of carbonyl (C=O) groups excluding carboxylic acids is 1. The van der Waals surface area contributed by atoms with Gasteiger partial charge in [-0.25, -0.2) is 8.42 Å².